The molecule has 29 heavy (non-hydrogen) atoms. The van der Waals surface area contributed by atoms with Gasteiger partial charge >= 0.3 is 5.97 Å². The van der Waals surface area contributed by atoms with Crippen LogP contribution in [0.25, 0.3) is 11.0 Å². The van der Waals surface area contributed by atoms with Gasteiger partial charge in [0.2, 0.25) is 10.0 Å². The molecule has 0 aliphatic carbocycles. The van der Waals surface area contributed by atoms with Crippen molar-refractivity contribution in [1.82, 2.24) is 13.9 Å². The lowest BCUT2D eigenvalue weighted by Crippen LogP contribution is -2.22. The number of nitrogens with zero attached hydrogens (tertiary/aromatic N) is 3. The minimum Gasteiger partial charge on any atom is -0.454 e. The molecule has 0 bridgehead atoms. The van der Waals surface area contributed by atoms with Gasteiger partial charge in [-0.15, -0.1) is 11.3 Å². The first-order valence-electron chi connectivity index (χ1n) is 8.68. The number of aryl methyl sites for hydroxylation is 1. The highest BCUT2D eigenvalue weighted by atomic mass is 35.5. The van der Waals surface area contributed by atoms with Crippen LogP contribution in [0, 0.1) is 0 Å². The highest BCUT2D eigenvalue weighted by Crippen LogP contribution is 2.32. The van der Waals surface area contributed by atoms with Gasteiger partial charge in [0.15, 0.2) is 0 Å². The van der Waals surface area contributed by atoms with Gasteiger partial charge in [0, 0.05) is 20.6 Å². The molecule has 0 fully saturated rings. The third kappa shape index (κ3) is 4.44. The summed E-state index contributed by atoms with van der Waals surface area (Å²) in [7, 11) is -0.627. The Morgan fingerprint density at radius 3 is 2.59 bits per heavy atom. The third-order valence-corrected chi connectivity index (χ3v) is 7.53. The van der Waals surface area contributed by atoms with Crippen LogP contribution in [0.1, 0.15) is 29.5 Å². The average Bonchev–Trinajstić information content (AvgIpc) is 3.18. The van der Waals surface area contributed by atoms with E-state index in [9.17, 15) is 13.2 Å². The van der Waals surface area contributed by atoms with Gasteiger partial charge in [-0.2, -0.15) is 0 Å². The molecule has 2 aromatic heterocycles. The van der Waals surface area contributed by atoms with Gasteiger partial charge in [0.05, 0.1) is 25.8 Å². The molecule has 0 amide bonds. The summed E-state index contributed by atoms with van der Waals surface area (Å²) in [6.45, 7) is 2.58. The minimum atomic E-state index is -3.58. The topological polar surface area (TPSA) is 81.5 Å². The molecule has 1 aromatic carbocycles. The second kappa shape index (κ2) is 8.61. The largest absolute Gasteiger partial charge is 0.454 e. The number of thiophene rings is 1. The maximum Gasteiger partial charge on any atom is 0.341 e. The van der Waals surface area contributed by atoms with Crippen molar-refractivity contribution in [2.75, 3.05) is 14.1 Å². The number of fused-ring (bicyclic) bond motifs is 1. The third-order valence-electron chi connectivity index (χ3n) is 4.23. The Kier molecular flexibility index (Phi) is 6.54. The number of halogens is 2. The molecule has 0 aliphatic rings. The number of hydrogen-bond donors (Lipinski definition) is 0. The van der Waals surface area contributed by atoms with Crippen LogP contribution in [0.2, 0.25) is 8.67 Å². The van der Waals surface area contributed by atoms with Crippen molar-refractivity contribution in [2.24, 2.45) is 0 Å². The van der Waals surface area contributed by atoms with E-state index < -0.39 is 16.0 Å². The van der Waals surface area contributed by atoms with E-state index in [1.807, 2.05) is 11.5 Å². The van der Waals surface area contributed by atoms with Gasteiger partial charge in [-0.1, -0.05) is 30.1 Å². The van der Waals surface area contributed by atoms with E-state index in [4.69, 9.17) is 27.9 Å². The molecule has 0 aliphatic heterocycles. The second-order valence-electron chi connectivity index (χ2n) is 6.43. The Labute approximate surface area is 182 Å². The van der Waals surface area contributed by atoms with Crippen molar-refractivity contribution in [2.45, 2.75) is 31.4 Å². The Hall–Kier alpha value is -1.65. The Morgan fingerprint density at radius 2 is 2.00 bits per heavy atom. The number of aromatic nitrogens is 2. The summed E-state index contributed by atoms with van der Waals surface area (Å²) < 4.78 is 33.9. The summed E-state index contributed by atoms with van der Waals surface area (Å²) >= 11 is 13.0. The summed E-state index contributed by atoms with van der Waals surface area (Å²) in [5.41, 5.74) is 1.50. The van der Waals surface area contributed by atoms with E-state index in [1.54, 1.807) is 12.1 Å². The highest BCUT2D eigenvalue weighted by Gasteiger charge is 2.21. The summed E-state index contributed by atoms with van der Waals surface area (Å²) in [6, 6.07) is 6.26. The quantitative estimate of drug-likeness (QED) is 0.472. The molecule has 156 valence electrons. The molecule has 0 unspecified atom stereocenters. The van der Waals surface area contributed by atoms with Gasteiger partial charge in [0.25, 0.3) is 0 Å². The van der Waals surface area contributed by atoms with Crippen molar-refractivity contribution in [1.29, 1.82) is 0 Å². The van der Waals surface area contributed by atoms with Gasteiger partial charge in [-0.05, 0) is 30.7 Å². The molecular formula is C18H19Cl2N3O4S2. The Bertz CT molecular complexity index is 1170. The van der Waals surface area contributed by atoms with E-state index in [2.05, 4.69) is 4.98 Å². The van der Waals surface area contributed by atoms with Crippen molar-refractivity contribution < 1.29 is 17.9 Å². The van der Waals surface area contributed by atoms with Crippen molar-refractivity contribution >= 4 is 61.6 Å². The standard InChI is InChI=1S/C18H19Cl2N3O4S2/c1-4-7-23-14-6-5-11(29(25,26)22(2)3)8-13(14)21-16(23)10-27-18(24)12-9-15(19)28-17(12)20/h5-6,8-9H,4,7,10H2,1-3H3. The summed E-state index contributed by atoms with van der Waals surface area (Å²) in [5.74, 6) is -0.0730. The number of benzene rings is 1. The lowest BCUT2D eigenvalue weighted by atomic mass is 10.3. The monoisotopic (exact) mass is 475 g/mol. The number of hydrogen-bond acceptors (Lipinski definition) is 6. The number of sulfonamides is 1. The minimum absolute atomic E-state index is 0.0763. The van der Waals surface area contributed by atoms with E-state index in [0.29, 0.717) is 22.2 Å². The molecule has 3 rings (SSSR count). The summed E-state index contributed by atoms with van der Waals surface area (Å²) in [4.78, 5) is 17.0. The maximum absolute atomic E-state index is 12.4. The lowest BCUT2D eigenvalue weighted by molar-refractivity contribution is 0.0459. The average molecular weight is 476 g/mol. The van der Waals surface area contributed by atoms with E-state index in [-0.39, 0.29) is 21.4 Å². The normalized spacial score (nSPS) is 12.1. The molecule has 11 heteroatoms. The number of imidazole rings is 1. The van der Waals surface area contributed by atoms with E-state index in [0.717, 1.165) is 27.6 Å². The van der Waals surface area contributed by atoms with Gasteiger partial charge in [-0.25, -0.2) is 22.5 Å². The molecule has 0 atom stereocenters. The molecule has 0 saturated carbocycles. The molecule has 0 N–H and O–H groups in total. The molecule has 3 aromatic rings. The SMILES string of the molecule is CCCn1c(COC(=O)c2cc(Cl)sc2Cl)nc2cc(S(=O)(=O)N(C)C)ccc21. The molecule has 7 nitrogen and oxygen atoms in total. The van der Waals surface area contributed by atoms with E-state index >= 15 is 0 Å². The Balaban J connectivity index is 1.93. The molecular weight excluding hydrogens is 457 g/mol. The van der Waals surface area contributed by atoms with Crippen LogP contribution in [0.5, 0.6) is 0 Å². The molecule has 0 spiro atoms. The number of carbonyl (C=O) groups is 1. The zero-order chi connectivity index (χ0) is 21.3. The predicted molar refractivity (Wildman–Crippen MR) is 114 cm³/mol. The maximum atomic E-state index is 12.4. The smallest absolute Gasteiger partial charge is 0.341 e. The first-order chi connectivity index (χ1) is 13.6. The molecule has 0 saturated heterocycles. The number of carbonyl (C=O) groups excluding carboxylic acids is 1. The van der Waals surface area contributed by atoms with Gasteiger partial charge in [-0.3, -0.25) is 0 Å². The van der Waals surface area contributed by atoms with Crippen LogP contribution < -0.4 is 0 Å². The first-order valence-corrected chi connectivity index (χ1v) is 11.7. The summed E-state index contributed by atoms with van der Waals surface area (Å²) in [5, 5.41) is 0. The van der Waals surface area contributed by atoms with Crippen LogP contribution in [0.15, 0.2) is 29.2 Å². The van der Waals surface area contributed by atoms with E-state index in [1.165, 1.54) is 26.2 Å². The van der Waals surface area contributed by atoms with Crippen LogP contribution in [-0.4, -0.2) is 42.3 Å². The fraction of sp³-hybridized carbons (Fsp3) is 0.333. The fourth-order valence-electron chi connectivity index (χ4n) is 2.80. The summed E-state index contributed by atoms with van der Waals surface area (Å²) in [6.07, 6.45) is 0.829. The number of rotatable bonds is 7. The van der Waals surface area contributed by atoms with Crippen molar-refractivity contribution in [3.05, 3.63) is 44.3 Å². The molecule has 0 radical (unpaired) electrons. The molecule has 2 heterocycles. The van der Waals surface area contributed by atoms with Crippen LogP contribution in [0.4, 0.5) is 0 Å². The highest BCUT2D eigenvalue weighted by molar-refractivity contribution is 7.89. The predicted octanol–water partition coefficient (Wildman–Crippen LogP) is 4.42. The van der Waals surface area contributed by atoms with Crippen LogP contribution >= 0.6 is 34.5 Å². The van der Waals surface area contributed by atoms with Gasteiger partial charge in [0.1, 0.15) is 16.8 Å². The number of esters is 1. The van der Waals surface area contributed by atoms with Crippen LogP contribution in [0.3, 0.4) is 0 Å². The van der Waals surface area contributed by atoms with Crippen LogP contribution in [-0.2, 0) is 27.9 Å². The first kappa shape index (κ1) is 22.0. The van der Waals surface area contributed by atoms with Crippen molar-refractivity contribution in [3.8, 4) is 0 Å². The lowest BCUT2D eigenvalue weighted by Gasteiger charge is -2.11. The van der Waals surface area contributed by atoms with Crippen molar-refractivity contribution in [3.63, 3.8) is 0 Å². The number of ether oxygens (including phenoxy) is 1. The Morgan fingerprint density at radius 1 is 1.28 bits per heavy atom. The zero-order valence-corrected chi connectivity index (χ0v) is 19.1. The van der Waals surface area contributed by atoms with Gasteiger partial charge < -0.3 is 9.30 Å². The second-order valence-corrected chi connectivity index (χ2v) is 10.9. The fourth-order valence-corrected chi connectivity index (χ4v) is 5.16. The zero-order valence-electron chi connectivity index (χ0n) is 16.0.